The molecule has 0 aromatic carbocycles. The number of amides is 1. The van der Waals surface area contributed by atoms with Crippen molar-refractivity contribution in [3.63, 3.8) is 0 Å². The number of carbonyl (C=O) groups is 1. The number of nitrogens with two attached hydrogens (primary N) is 1. The molecule has 0 aliphatic heterocycles. The summed E-state index contributed by atoms with van der Waals surface area (Å²) in [4.78, 5) is 12.4. The van der Waals surface area contributed by atoms with E-state index in [0.717, 1.165) is 11.8 Å². The number of primary amides is 1. The van der Waals surface area contributed by atoms with Crippen molar-refractivity contribution in [2.24, 2.45) is 29.4 Å². The van der Waals surface area contributed by atoms with Crippen LogP contribution < -0.4 is 11.1 Å². The van der Waals surface area contributed by atoms with Gasteiger partial charge in [-0.1, -0.05) is 19.3 Å². The summed E-state index contributed by atoms with van der Waals surface area (Å²) in [7, 11) is 0. The molecule has 5 aliphatic rings. The summed E-state index contributed by atoms with van der Waals surface area (Å²) in [5.74, 6) is 2.78. The second-order valence-corrected chi connectivity index (χ2v) is 8.02. The average molecular weight is 276 g/mol. The Balaban J connectivity index is 1.61. The first-order chi connectivity index (χ1) is 9.68. The molecule has 0 spiro atoms. The second kappa shape index (κ2) is 4.72. The molecule has 0 aromatic heterocycles. The highest BCUT2D eigenvalue weighted by atomic mass is 16.1. The van der Waals surface area contributed by atoms with Gasteiger partial charge in [-0.25, -0.2) is 0 Å². The summed E-state index contributed by atoms with van der Waals surface area (Å²) in [6, 6.07) is 0.536. The smallest absolute Gasteiger partial charge is 0.238 e. The minimum Gasteiger partial charge on any atom is -0.368 e. The molecule has 0 aromatic rings. The van der Waals surface area contributed by atoms with Gasteiger partial charge in [0.2, 0.25) is 5.91 Å². The van der Waals surface area contributed by atoms with Crippen LogP contribution in [0.25, 0.3) is 0 Å². The van der Waals surface area contributed by atoms with Crippen LogP contribution in [0.3, 0.4) is 0 Å². The number of carbonyl (C=O) groups excluding carboxylic acids is 1. The van der Waals surface area contributed by atoms with E-state index in [1.807, 2.05) is 0 Å². The van der Waals surface area contributed by atoms with Gasteiger partial charge in [0.05, 0.1) is 0 Å². The van der Waals surface area contributed by atoms with E-state index in [1.165, 1.54) is 64.2 Å². The van der Waals surface area contributed by atoms with Crippen molar-refractivity contribution in [2.45, 2.75) is 75.8 Å². The zero-order valence-electron chi connectivity index (χ0n) is 12.4. The molecule has 0 atom stereocenters. The van der Waals surface area contributed by atoms with Gasteiger partial charge in [0.1, 0.15) is 5.54 Å². The van der Waals surface area contributed by atoms with Crippen molar-refractivity contribution in [1.29, 1.82) is 0 Å². The Morgan fingerprint density at radius 2 is 1.45 bits per heavy atom. The molecule has 1 amide bonds. The maximum atomic E-state index is 12.4. The Kier molecular flexibility index (Phi) is 3.10. The fourth-order valence-corrected chi connectivity index (χ4v) is 6.22. The number of hydrogen-bond acceptors (Lipinski definition) is 2. The second-order valence-electron chi connectivity index (χ2n) is 8.02. The fourth-order valence-electron chi connectivity index (χ4n) is 6.22. The van der Waals surface area contributed by atoms with Crippen molar-refractivity contribution in [1.82, 2.24) is 5.32 Å². The monoisotopic (exact) mass is 276 g/mol. The molecule has 3 N–H and O–H groups in total. The molecule has 5 saturated carbocycles. The lowest BCUT2D eigenvalue weighted by molar-refractivity contribution is -0.145. The molecule has 5 rings (SSSR count). The predicted molar refractivity (Wildman–Crippen MR) is 79.0 cm³/mol. The molecule has 20 heavy (non-hydrogen) atoms. The number of nitrogens with one attached hydrogen (secondary N) is 1. The van der Waals surface area contributed by atoms with Crippen molar-refractivity contribution < 1.29 is 4.79 Å². The summed E-state index contributed by atoms with van der Waals surface area (Å²) in [5.41, 5.74) is 5.62. The largest absolute Gasteiger partial charge is 0.368 e. The maximum Gasteiger partial charge on any atom is 0.238 e. The van der Waals surface area contributed by atoms with Crippen molar-refractivity contribution in [2.75, 3.05) is 0 Å². The third-order valence-corrected chi connectivity index (χ3v) is 6.88. The van der Waals surface area contributed by atoms with Gasteiger partial charge in [0.25, 0.3) is 0 Å². The van der Waals surface area contributed by atoms with Gasteiger partial charge in [0, 0.05) is 6.04 Å². The molecule has 0 radical (unpaired) electrons. The van der Waals surface area contributed by atoms with Crippen LogP contribution in [0.15, 0.2) is 0 Å². The highest BCUT2D eigenvalue weighted by Gasteiger charge is 2.60. The lowest BCUT2D eigenvalue weighted by atomic mass is 9.48. The van der Waals surface area contributed by atoms with Crippen LogP contribution in [0, 0.1) is 23.7 Å². The van der Waals surface area contributed by atoms with Crippen LogP contribution >= 0.6 is 0 Å². The molecule has 0 heterocycles. The Labute approximate surface area is 122 Å². The minimum atomic E-state index is -0.352. The van der Waals surface area contributed by atoms with Gasteiger partial charge >= 0.3 is 0 Å². The van der Waals surface area contributed by atoms with Crippen LogP contribution in [0.4, 0.5) is 0 Å². The molecule has 4 bridgehead atoms. The highest BCUT2D eigenvalue weighted by Crippen LogP contribution is 2.58. The average Bonchev–Trinajstić information content (AvgIpc) is 2.43. The van der Waals surface area contributed by atoms with Gasteiger partial charge in [-0.05, 0) is 68.6 Å². The van der Waals surface area contributed by atoms with E-state index < -0.39 is 0 Å². The summed E-state index contributed by atoms with van der Waals surface area (Å²) in [6.45, 7) is 0. The van der Waals surface area contributed by atoms with Crippen molar-refractivity contribution in [3.05, 3.63) is 0 Å². The summed E-state index contributed by atoms with van der Waals surface area (Å²) >= 11 is 0. The zero-order chi connectivity index (χ0) is 13.7. The van der Waals surface area contributed by atoms with E-state index in [-0.39, 0.29) is 11.4 Å². The molecule has 5 aliphatic carbocycles. The Morgan fingerprint density at radius 3 is 1.95 bits per heavy atom. The maximum absolute atomic E-state index is 12.4. The molecular weight excluding hydrogens is 248 g/mol. The van der Waals surface area contributed by atoms with E-state index in [1.54, 1.807) is 0 Å². The van der Waals surface area contributed by atoms with Gasteiger partial charge < -0.3 is 11.1 Å². The minimum absolute atomic E-state index is 0.0446. The topological polar surface area (TPSA) is 55.1 Å². The van der Waals surface area contributed by atoms with Crippen molar-refractivity contribution in [3.8, 4) is 0 Å². The van der Waals surface area contributed by atoms with E-state index in [0.29, 0.717) is 17.9 Å². The van der Waals surface area contributed by atoms with Gasteiger partial charge in [0.15, 0.2) is 0 Å². The summed E-state index contributed by atoms with van der Waals surface area (Å²) in [5, 5.41) is 3.84. The first-order valence-electron chi connectivity index (χ1n) is 8.76. The summed E-state index contributed by atoms with van der Waals surface area (Å²) in [6.07, 6.45) is 12.9. The first-order valence-corrected chi connectivity index (χ1v) is 8.76. The lowest BCUT2D eigenvalue weighted by Crippen LogP contribution is -2.72. The standard InChI is InChI=1S/C17H28N2O/c18-16(20)17(19-15-4-2-1-3-5-15)13-7-11-6-12(9-13)10-14(17)8-11/h11-15,19H,1-10H2,(H2,18,20). The van der Waals surface area contributed by atoms with Crippen LogP contribution in [0.1, 0.15) is 64.2 Å². The van der Waals surface area contributed by atoms with Crippen molar-refractivity contribution >= 4 is 5.91 Å². The molecular formula is C17H28N2O. The SMILES string of the molecule is NC(=O)C1(NC2CCCCC2)C2CC3CC(C2)CC1C3. The van der Waals surface area contributed by atoms with Crippen LogP contribution in [-0.4, -0.2) is 17.5 Å². The predicted octanol–water partition coefficient (Wildman–Crippen LogP) is 2.59. The molecule has 112 valence electrons. The normalized spacial score (nSPS) is 47.6. The van der Waals surface area contributed by atoms with E-state index in [2.05, 4.69) is 5.32 Å². The summed E-state index contributed by atoms with van der Waals surface area (Å²) < 4.78 is 0. The van der Waals surface area contributed by atoms with Gasteiger partial charge in [-0.15, -0.1) is 0 Å². The van der Waals surface area contributed by atoms with Crippen LogP contribution in [-0.2, 0) is 4.79 Å². The molecule has 3 heteroatoms. The third-order valence-electron chi connectivity index (χ3n) is 6.88. The number of rotatable bonds is 3. The van der Waals surface area contributed by atoms with Gasteiger partial charge in [-0.3, -0.25) is 4.79 Å². The Morgan fingerprint density at radius 1 is 0.900 bits per heavy atom. The molecule has 5 fully saturated rings. The van der Waals surface area contributed by atoms with E-state index in [4.69, 9.17) is 5.73 Å². The fraction of sp³-hybridized carbons (Fsp3) is 0.941. The first kappa shape index (κ1) is 13.1. The third kappa shape index (κ3) is 1.85. The molecule has 0 unspecified atom stereocenters. The van der Waals surface area contributed by atoms with Gasteiger partial charge in [-0.2, -0.15) is 0 Å². The molecule has 0 saturated heterocycles. The number of hydrogen-bond donors (Lipinski definition) is 2. The molecule has 3 nitrogen and oxygen atoms in total. The Bertz CT molecular complexity index is 372. The lowest BCUT2D eigenvalue weighted by Gasteiger charge is -2.60. The highest BCUT2D eigenvalue weighted by molar-refractivity contribution is 5.86. The Hall–Kier alpha value is -0.570. The van der Waals surface area contributed by atoms with E-state index >= 15 is 0 Å². The zero-order valence-corrected chi connectivity index (χ0v) is 12.4. The van der Waals surface area contributed by atoms with E-state index in [9.17, 15) is 4.79 Å². The van der Waals surface area contributed by atoms with Crippen LogP contribution in [0.5, 0.6) is 0 Å². The quantitative estimate of drug-likeness (QED) is 0.832. The van der Waals surface area contributed by atoms with Crippen LogP contribution in [0.2, 0.25) is 0 Å².